The van der Waals surface area contributed by atoms with E-state index < -0.39 is 5.82 Å². The number of carbonyl (C=O) groups excluding carboxylic acids is 1. The maximum atomic E-state index is 12.9. The Morgan fingerprint density at radius 3 is 2.89 bits per heavy atom. The Kier molecular flexibility index (Phi) is 5.06. The minimum absolute atomic E-state index is 0.136. The van der Waals surface area contributed by atoms with Crippen LogP contribution in [0.2, 0.25) is 5.02 Å². The van der Waals surface area contributed by atoms with E-state index in [1.165, 1.54) is 12.1 Å². The Morgan fingerprint density at radius 2 is 2.21 bits per heavy atom. The first kappa shape index (κ1) is 14.6. The van der Waals surface area contributed by atoms with Crippen LogP contribution in [0.4, 0.5) is 4.39 Å². The van der Waals surface area contributed by atoms with Gasteiger partial charge in [-0.2, -0.15) is 0 Å². The van der Waals surface area contributed by atoms with Crippen molar-refractivity contribution in [3.8, 4) is 0 Å². The molecular weight excluding hydrogens is 288 g/mol. The standard InChI is InChI=1S/C14H16Cl2FNO/c15-10-3-1-2-9(6-10)8-18-14(19)12-5-4-11(17)7-13(12)16/h4-5,7,9-10H,1-3,6,8H2,(H,18,19). The van der Waals surface area contributed by atoms with E-state index in [9.17, 15) is 9.18 Å². The predicted octanol–water partition coefficient (Wildman–Crippen LogP) is 4.01. The second-order valence-corrected chi connectivity index (χ2v) is 5.99. The Labute approximate surface area is 122 Å². The molecule has 0 aromatic heterocycles. The first-order valence-electron chi connectivity index (χ1n) is 6.43. The lowest BCUT2D eigenvalue weighted by Crippen LogP contribution is -2.32. The van der Waals surface area contributed by atoms with Crippen molar-refractivity contribution in [1.82, 2.24) is 5.32 Å². The first-order chi connectivity index (χ1) is 9.06. The van der Waals surface area contributed by atoms with Gasteiger partial charge in [-0.25, -0.2) is 4.39 Å². The fourth-order valence-electron chi connectivity index (χ4n) is 2.42. The second-order valence-electron chi connectivity index (χ2n) is 4.96. The van der Waals surface area contributed by atoms with E-state index in [1.807, 2.05) is 0 Å². The summed E-state index contributed by atoms with van der Waals surface area (Å²) in [6, 6.07) is 3.78. The van der Waals surface area contributed by atoms with Crippen molar-refractivity contribution in [3.05, 3.63) is 34.6 Å². The molecule has 0 radical (unpaired) electrons. The highest BCUT2D eigenvalue weighted by molar-refractivity contribution is 6.33. The molecule has 0 spiro atoms. The zero-order valence-electron chi connectivity index (χ0n) is 10.5. The van der Waals surface area contributed by atoms with Crippen molar-refractivity contribution in [3.63, 3.8) is 0 Å². The van der Waals surface area contributed by atoms with Gasteiger partial charge in [0.15, 0.2) is 0 Å². The van der Waals surface area contributed by atoms with E-state index in [0.29, 0.717) is 18.0 Å². The highest BCUT2D eigenvalue weighted by Gasteiger charge is 2.21. The molecule has 104 valence electrons. The first-order valence-corrected chi connectivity index (χ1v) is 7.25. The molecule has 5 heteroatoms. The van der Waals surface area contributed by atoms with E-state index in [1.54, 1.807) is 0 Å². The number of halogens is 3. The third-order valence-corrected chi connectivity index (χ3v) is 4.15. The van der Waals surface area contributed by atoms with Gasteiger partial charge in [-0.1, -0.05) is 18.0 Å². The number of alkyl halides is 1. The number of nitrogens with one attached hydrogen (secondary N) is 1. The Balaban J connectivity index is 1.90. The van der Waals surface area contributed by atoms with Crippen molar-refractivity contribution in [2.45, 2.75) is 31.1 Å². The Morgan fingerprint density at radius 1 is 1.42 bits per heavy atom. The fraction of sp³-hybridized carbons (Fsp3) is 0.500. The molecule has 1 aromatic carbocycles. The average Bonchev–Trinajstić information content (AvgIpc) is 2.36. The van der Waals surface area contributed by atoms with Gasteiger partial charge in [-0.15, -0.1) is 11.6 Å². The van der Waals surface area contributed by atoms with Crippen molar-refractivity contribution in [1.29, 1.82) is 0 Å². The SMILES string of the molecule is O=C(NCC1CCCC(Cl)C1)c1ccc(F)cc1Cl. The van der Waals surface area contributed by atoms with Crippen molar-refractivity contribution in [2.75, 3.05) is 6.54 Å². The van der Waals surface area contributed by atoms with Crippen LogP contribution in [0.15, 0.2) is 18.2 Å². The summed E-state index contributed by atoms with van der Waals surface area (Å²) in [6.07, 6.45) is 4.17. The van der Waals surface area contributed by atoms with Crippen LogP contribution in [0.25, 0.3) is 0 Å². The van der Waals surface area contributed by atoms with Crippen molar-refractivity contribution in [2.24, 2.45) is 5.92 Å². The summed E-state index contributed by atoms with van der Waals surface area (Å²) in [5, 5.41) is 3.19. The highest BCUT2D eigenvalue weighted by Crippen LogP contribution is 2.27. The van der Waals surface area contributed by atoms with Gasteiger partial charge < -0.3 is 5.32 Å². The van der Waals surface area contributed by atoms with Gasteiger partial charge in [0, 0.05) is 11.9 Å². The van der Waals surface area contributed by atoms with Crippen LogP contribution >= 0.6 is 23.2 Å². The molecule has 1 fully saturated rings. The Bertz CT molecular complexity index is 467. The number of hydrogen-bond acceptors (Lipinski definition) is 1. The van der Waals surface area contributed by atoms with Crippen molar-refractivity contribution >= 4 is 29.1 Å². The molecule has 1 aliphatic carbocycles. The molecule has 0 bridgehead atoms. The van der Waals surface area contributed by atoms with Crippen LogP contribution in [0.3, 0.4) is 0 Å². The van der Waals surface area contributed by atoms with Gasteiger partial charge in [0.05, 0.1) is 10.6 Å². The molecular formula is C14H16Cl2FNO. The van der Waals surface area contributed by atoms with Crippen LogP contribution in [-0.4, -0.2) is 17.8 Å². The summed E-state index contributed by atoms with van der Waals surface area (Å²) >= 11 is 12.0. The molecule has 2 nitrogen and oxygen atoms in total. The molecule has 2 atom stereocenters. The largest absolute Gasteiger partial charge is 0.352 e. The molecule has 19 heavy (non-hydrogen) atoms. The molecule has 1 amide bonds. The summed E-state index contributed by atoms with van der Waals surface area (Å²) in [5.74, 6) is -0.292. The third-order valence-electron chi connectivity index (χ3n) is 3.45. The molecule has 0 aliphatic heterocycles. The maximum absolute atomic E-state index is 12.9. The molecule has 2 unspecified atom stereocenters. The lowest BCUT2D eigenvalue weighted by atomic mass is 9.89. The number of benzene rings is 1. The minimum Gasteiger partial charge on any atom is -0.352 e. The smallest absolute Gasteiger partial charge is 0.252 e. The highest BCUT2D eigenvalue weighted by atomic mass is 35.5. The molecule has 1 N–H and O–H groups in total. The number of carbonyl (C=O) groups is 1. The predicted molar refractivity (Wildman–Crippen MR) is 75.3 cm³/mol. The number of amides is 1. The zero-order chi connectivity index (χ0) is 13.8. The van der Waals surface area contributed by atoms with E-state index >= 15 is 0 Å². The normalized spacial score (nSPS) is 23.1. The molecule has 0 heterocycles. The van der Waals surface area contributed by atoms with E-state index in [-0.39, 0.29) is 16.3 Å². The Hall–Kier alpha value is -0.800. The third kappa shape index (κ3) is 4.08. The van der Waals surface area contributed by atoms with Crippen LogP contribution in [0.1, 0.15) is 36.0 Å². The van der Waals surface area contributed by atoms with E-state index in [0.717, 1.165) is 31.7 Å². The molecule has 1 saturated carbocycles. The lowest BCUT2D eigenvalue weighted by molar-refractivity contribution is 0.0944. The zero-order valence-corrected chi connectivity index (χ0v) is 12.0. The lowest BCUT2D eigenvalue weighted by Gasteiger charge is -2.25. The van der Waals surface area contributed by atoms with Gasteiger partial charge in [0.25, 0.3) is 5.91 Å². The summed E-state index contributed by atoms with van der Waals surface area (Å²) < 4.78 is 12.9. The van der Waals surface area contributed by atoms with Crippen LogP contribution < -0.4 is 5.32 Å². The van der Waals surface area contributed by atoms with Gasteiger partial charge in [0.1, 0.15) is 5.82 Å². The quantitative estimate of drug-likeness (QED) is 0.840. The summed E-state index contributed by atoms with van der Waals surface area (Å²) in [5.41, 5.74) is 0.307. The van der Waals surface area contributed by atoms with Gasteiger partial charge >= 0.3 is 0 Å². The molecule has 1 aromatic rings. The van der Waals surface area contributed by atoms with Crippen LogP contribution in [-0.2, 0) is 0 Å². The molecule has 0 saturated heterocycles. The van der Waals surface area contributed by atoms with E-state index in [4.69, 9.17) is 23.2 Å². The average molecular weight is 304 g/mol. The molecule has 2 rings (SSSR count). The summed E-state index contributed by atoms with van der Waals surface area (Å²) in [7, 11) is 0. The maximum Gasteiger partial charge on any atom is 0.252 e. The van der Waals surface area contributed by atoms with Gasteiger partial charge in [0.2, 0.25) is 0 Å². The van der Waals surface area contributed by atoms with Crippen LogP contribution in [0.5, 0.6) is 0 Å². The summed E-state index contributed by atoms with van der Waals surface area (Å²) in [6.45, 7) is 0.593. The minimum atomic E-state index is -0.446. The monoisotopic (exact) mass is 303 g/mol. The number of rotatable bonds is 3. The second kappa shape index (κ2) is 6.58. The van der Waals surface area contributed by atoms with Crippen LogP contribution in [0, 0.1) is 11.7 Å². The number of hydrogen-bond donors (Lipinski definition) is 1. The topological polar surface area (TPSA) is 29.1 Å². The van der Waals surface area contributed by atoms with Crippen molar-refractivity contribution < 1.29 is 9.18 Å². The fourth-order valence-corrected chi connectivity index (χ4v) is 3.08. The summed E-state index contributed by atoms with van der Waals surface area (Å²) in [4.78, 5) is 11.9. The van der Waals surface area contributed by atoms with E-state index in [2.05, 4.69) is 5.32 Å². The van der Waals surface area contributed by atoms with Gasteiger partial charge in [-0.05, 0) is 43.4 Å². The molecule has 1 aliphatic rings. The van der Waals surface area contributed by atoms with Gasteiger partial charge in [-0.3, -0.25) is 4.79 Å².